The molecule has 0 spiro atoms. The summed E-state index contributed by atoms with van der Waals surface area (Å²) in [4.78, 5) is 16.0. The number of rotatable bonds is 7. The fraction of sp³-hybridized carbons (Fsp3) is 0.300. The van der Waals surface area contributed by atoms with Crippen LogP contribution in [0.25, 0.3) is 0 Å². The van der Waals surface area contributed by atoms with Gasteiger partial charge in [0.1, 0.15) is 11.6 Å². The number of nitrogens with one attached hydrogen (secondary N) is 3. The fourth-order valence-electron chi connectivity index (χ4n) is 2.32. The molecule has 0 bridgehead atoms. The maximum absolute atomic E-state index is 13.6. The topological polar surface area (TPSA) is 74.8 Å². The second kappa shape index (κ2) is 10.2. The van der Waals surface area contributed by atoms with Crippen molar-refractivity contribution in [3.8, 4) is 5.75 Å². The molecule has 3 N–H and O–H groups in total. The van der Waals surface area contributed by atoms with Crippen molar-refractivity contribution >= 4 is 11.9 Å². The minimum absolute atomic E-state index is 0.0814. The second-order valence-electron chi connectivity index (χ2n) is 5.99. The van der Waals surface area contributed by atoms with Crippen LogP contribution in [-0.4, -0.2) is 32.6 Å². The lowest BCUT2D eigenvalue weighted by atomic mass is 10.1. The largest absolute Gasteiger partial charge is 0.497 e. The van der Waals surface area contributed by atoms with Crippen LogP contribution < -0.4 is 20.7 Å². The van der Waals surface area contributed by atoms with Crippen LogP contribution in [0.15, 0.2) is 47.5 Å². The van der Waals surface area contributed by atoms with E-state index in [4.69, 9.17) is 4.74 Å². The highest BCUT2D eigenvalue weighted by atomic mass is 19.1. The maximum atomic E-state index is 13.6. The predicted octanol–water partition coefficient (Wildman–Crippen LogP) is 2.12. The average molecular weight is 372 g/mol. The van der Waals surface area contributed by atoms with E-state index in [2.05, 4.69) is 20.9 Å². The summed E-state index contributed by atoms with van der Waals surface area (Å²) < 4.78 is 18.7. The van der Waals surface area contributed by atoms with Gasteiger partial charge in [0.25, 0.3) is 0 Å². The van der Waals surface area contributed by atoms with Crippen molar-refractivity contribution in [3.05, 3.63) is 65.0 Å². The molecule has 6 nitrogen and oxygen atoms in total. The standard InChI is InChI=1S/C20H25FN4O2/c1-14-4-5-16(10-18(14)21)12-24-20(22-2)25-13-19(26)23-11-15-6-8-17(27-3)9-7-15/h4-10H,11-13H2,1-3H3,(H,23,26)(H2,22,24,25). The van der Waals surface area contributed by atoms with Gasteiger partial charge in [0.15, 0.2) is 5.96 Å². The summed E-state index contributed by atoms with van der Waals surface area (Å²) in [6.45, 7) is 2.64. The Bertz CT molecular complexity index is 791. The van der Waals surface area contributed by atoms with E-state index in [0.717, 1.165) is 16.9 Å². The minimum atomic E-state index is -0.241. The number of carbonyl (C=O) groups is 1. The first-order valence-electron chi connectivity index (χ1n) is 8.61. The van der Waals surface area contributed by atoms with Crippen molar-refractivity contribution in [2.75, 3.05) is 20.7 Å². The highest BCUT2D eigenvalue weighted by molar-refractivity contribution is 5.86. The molecule has 0 radical (unpaired) electrons. The van der Waals surface area contributed by atoms with E-state index in [9.17, 15) is 9.18 Å². The Labute approximate surface area is 158 Å². The lowest BCUT2D eigenvalue weighted by Gasteiger charge is -2.12. The first-order valence-corrected chi connectivity index (χ1v) is 8.61. The number of halogens is 1. The van der Waals surface area contributed by atoms with Gasteiger partial charge < -0.3 is 20.7 Å². The Hall–Kier alpha value is -3.09. The van der Waals surface area contributed by atoms with Crippen LogP contribution in [0.4, 0.5) is 4.39 Å². The van der Waals surface area contributed by atoms with Crippen molar-refractivity contribution in [2.24, 2.45) is 4.99 Å². The van der Waals surface area contributed by atoms with Crippen LogP contribution in [0.1, 0.15) is 16.7 Å². The first-order chi connectivity index (χ1) is 13.0. The lowest BCUT2D eigenvalue weighted by Crippen LogP contribution is -2.42. The van der Waals surface area contributed by atoms with Crippen molar-refractivity contribution in [1.82, 2.24) is 16.0 Å². The van der Waals surface area contributed by atoms with Gasteiger partial charge in [-0.3, -0.25) is 9.79 Å². The van der Waals surface area contributed by atoms with E-state index < -0.39 is 0 Å². The molecule has 0 aliphatic heterocycles. The summed E-state index contributed by atoms with van der Waals surface area (Å²) in [5.74, 6) is 0.843. The summed E-state index contributed by atoms with van der Waals surface area (Å²) in [7, 11) is 3.22. The number of nitrogens with zero attached hydrogens (tertiary/aromatic N) is 1. The molecular weight excluding hydrogens is 347 g/mol. The number of amides is 1. The Morgan fingerprint density at radius 2 is 1.70 bits per heavy atom. The van der Waals surface area contributed by atoms with Gasteiger partial charge in [-0.15, -0.1) is 0 Å². The fourth-order valence-corrected chi connectivity index (χ4v) is 2.32. The zero-order chi connectivity index (χ0) is 19.6. The van der Waals surface area contributed by atoms with Crippen molar-refractivity contribution in [3.63, 3.8) is 0 Å². The van der Waals surface area contributed by atoms with Gasteiger partial charge in [-0.05, 0) is 41.8 Å². The molecule has 7 heteroatoms. The van der Waals surface area contributed by atoms with Crippen LogP contribution in [0.5, 0.6) is 5.75 Å². The predicted molar refractivity (Wildman–Crippen MR) is 104 cm³/mol. The summed E-state index contributed by atoms with van der Waals surface area (Å²) in [5, 5.41) is 8.81. The highest BCUT2D eigenvalue weighted by Crippen LogP contribution is 2.11. The Kier molecular flexibility index (Phi) is 7.61. The van der Waals surface area contributed by atoms with E-state index >= 15 is 0 Å². The number of guanidine groups is 1. The molecule has 0 aliphatic carbocycles. The quantitative estimate of drug-likeness (QED) is 0.514. The van der Waals surface area contributed by atoms with Crippen molar-refractivity contribution in [2.45, 2.75) is 20.0 Å². The van der Waals surface area contributed by atoms with E-state index in [1.807, 2.05) is 30.3 Å². The second-order valence-corrected chi connectivity index (χ2v) is 5.99. The van der Waals surface area contributed by atoms with E-state index in [-0.39, 0.29) is 18.3 Å². The molecular formula is C20H25FN4O2. The summed E-state index contributed by atoms with van der Waals surface area (Å²) in [5.41, 5.74) is 2.38. The first kappa shape index (κ1) is 20.2. The molecule has 0 saturated heterocycles. The normalized spacial score (nSPS) is 11.0. The van der Waals surface area contributed by atoms with E-state index in [0.29, 0.717) is 24.6 Å². The molecule has 144 valence electrons. The Morgan fingerprint density at radius 1 is 1.04 bits per heavy atom. The van der Waals surface area contributed by atoms with E-state index in [1.54, 1.807) is 27.1 Å². The number of ether oxygens (including phenoxy) is 1. The van der Waals surface area contributed by atoms with Gasteiger partial charge in [0.2, 0.25) is 5.91 Å². The third-order valence-electron chi connectivity index (χ3n) is 3.98. The SMILES string of the molecule is CN=C(NCC(=O)NCc1ccc(OC)cc1)NCc1ccc(C)c(F)c1. The van der Waals surface area contributed by atoms with Crippen LogP contribution >= 0.6 is 0 Å². The van der Waals surface area contributed by atoms with Crippen LogP contribution in [-0.2, 0) is 17.9 Å². The number of hydrogen-bond donors (Lipinski definition) is 3. The summed E-state index contributed by atoms with van der Waals surface area (Å²) in [6, 6.07) is 12.5. The number of benzene rings is 2. The number of hydrogen-bond acceptors (Lipinski definition) is 3. The van der Waals surface area contributed by atoms with Crippen LogP contribution in [0.2, 0.25) is 0 Å². The molecule has 0 unspecified atom stereocenters. The third-order valence-corrected chi connectivity index (χ3v) is 3.98. The van der Waals surface area contributed by atoms with Crippen LogP contribution in [0.3, 0.4) is 0 Å². The zero-order valence-electron chi connectivity index (χ0n) is 15.8. The minimum Gasteiger partial charge on any atom is -0.497 e. The Balaban J connectivity index is 1.73. The molecule has 0 fully saturated rings. The third kappa shape index (κ3) is 6.62. The number of methoxy groups -OCH3 is 1. The van der Waals surface area contributed by atoms with Crippen LogP contribution in [0, 0.1) is 12.7 Å². The molecule has 2 aromatic carbocycles. The van der Waals surface area contributed by atoms with Gasteiger partial charge in [0, 0.05) is 20.1 Å². The monoisotopic (exact) mass is 372 g/mol. The molecule has 27 heavy (non-hydrogen) atoms. The molecule has 0 aromatic heterocycles. The van der Waals surface area contributed by atoms with Gasteiger partial charge in [0.05, 0.1) is 13.7 Å². The smallest absolute Gasteiger partial charge is 0.239 e. The zero-order valence-corrected chi connectivity index (χ0v) is 15.8. The summed E-state index contributed by atoms with van der Waals surface area (Å²) in [6.07, 6.45) is 0. The molecule has 0 saturated carbocycles. The molecule has 0 heterocycles. The number of aryl methyl sites for hydroxylation is 1. The average Bonchev–Trinajstić information content (AvgIpc) is 2.69. The van der Waals surface area contributed by atoms with E-state index in [1.165, 1.54) is 6.07 Å². The van der Waals surface area contributed by atoms with Crippen molar-refractivity contribution < 1.29 is 13.9 Å². The summed E-state index contributed by atoms with van der Waals surface area (Å²) >= 11 is 0. The van der Waals surface area contributed by atoms with Gasteiger partial charge in [-0.1, -0.05) is 24.3 Å². The Morgan fingerprint density at radius 3 is 2.33 bits per heavy atom. The molecule has 0 atom stereocenters. The molecule has 1 amide bonds. The number of aliphatic imine (C=N–C) groups is 1. The molecule has 2 aromatic rings. The van der Waals surface area contributed by atoms with Gasteiger partial charge in [-0.25, -0.2) is 4.39 Å². The molecule has 0 aliphatic rings. The molecule has 2 rings (SSSR count). The van der Waals surface area contributed by atoms with Gasteiger partial charge in [-0.2, -0.15) is 0 Å². The van der Waals surface area contributed by atoms with Gasteiger partial charge >= 0.3 is 0 Å². The van der Waals surface area contributed by atoms with Crippen molar-refractivity contribution in [1.29, 1.82) is 0 Å². The lowest BCUT2D eigenvalue weighted by molar-refractivity contribution is -0.120. The number of carbonyl (C=O) groups excluding carboxylic acids is 1. The maximum Gasteiger partial charge on any atom is 0.239 e. The highest BCUT2D eigenvalue weighted by Gasteiger charge is 2.05.